The average Bonchev–Trinajstić information content (AvgIpc) is 2.91. The summed E-state index contributed by atoms with van der Waals surface area (Å²) in [5, 5.41) is 11.3. The highest BCUT2D eigenvalue weighted by Crippen LogP contribution is 2.37. The van der Waals surface area contributed by atoms with E-state index in [9.17, 15) is 10.1 Å². The molecular weight excluding hydrogens is 260 g/mol. The van der Waals surface area contributed by atoms with Gasteiger partial charge in [-0.25, -0.2) is 0 Å². The van der Waals surface area contributed by atoms with Gasteiger partial charge >= 0.3 is 5.69 Å². The summed E-state index contributed by atoms with van der Waals surface area (Å²) in [5.41, 5.74) is 0.589. The summed E-state index contributed by atoms with van der Waals surface area (Å²) in [4.78, 5) is 12.8. The van der Waals surface area contributed by atoms with Crippen molar-refractivity contribution in [2.75, 3.05) is 31.7 Å². The lowest BCUT2D eigenvalue weighted by Crippen LogP contribution is -2.29. The first-order valence-electron chi connectivity index (χ1n) is 6.86. The number of nitro benzene ring substituents is 1. The maximum Gasteiger partial charge on any atom is 0.333 e. The van der Waals surface area contributed by atoms with Gasteiger partial charge in [0, 0.05) is 20.2 Å². The largest absolute Gasteiger partial charge is 0.487 e. The molecule has 1 aliphatic rings. The zero-order valence-electron chi connectivity index (χ0n) is 11.9. The first-order valence-corrected chi connectivity index (χ1v) is 6.86. The van der Waals surface area contributed by atoms with Crippen molar-refractivity contribution in [1.29, 1.82) is 0 Å². The molecule has 1 atom stereocenters. The zero-order valence-corrected chi connectivity index (χ0v) is 11.9. The first kappa shape index (κ1) is 14.6. The Morgan fingerprint density at radius 1 is 1.55 bits per heavy atom. The quantitative estimate of drug-likeness (QED) is 0.592. The number of nitro groups is 1. The Morgan fingerprint density at radius 3 is 2.95 bits per heavy atom. The van der Waals surface area contributed by atoms with E-state index in [1.807, 2.05) is 18.9 Å². The molecule has 1 saturated heterocycles. The SMILES string of the molecule is CCOc1cccc(N(C)CC2CCCO2)c1[N+](=O)[O-]. The van der Waals surface area contributed by atoms with Crippen molar-refractivity contribution in [1.82, 2.24) is 0 Å². The summed E-state index contributed by atoms with van der Waals surface area (Å²) in [6.45, 7) is 3.64. The van der Waals surface area contributed by atoms with E-state index in [-0.39, 0.29) is 16.7 Å². The van der Waals surface area contributed by atoms with Gasteiger partial charge in [0.05, 0.1) is 17.6 Å². The van der Waals surface area contributed by atoms with Crippen molar-refractivity contribution >= 4 is 11.4 Å². The second-order valence-electron chi connectivity index (χ2n) is 4.83. The number of benzene rings is 1. The maximum absolute atomic E-state index is 11.3. The molecule has 110 valence electrons. The van der Waals surface area contributed by atoms with Crippen LogP contribution in [0.25, 0.3) is 0 Å². The minimum absolute atomic E-state index is 0.0230. The summed E-state index contributed by atoms with van der Waals surface area (Å²) >= 11 is 0. The first-order chi connectivity index (χ1) is 9.63. The third-order valence-electron chi connectivity index (χ3n) is 3.37. The van der Waals surface area contributed by atoms with E-state index in [1.54, 1.807) is 18.2 Å². The molecule has 1 aliphatic heterocycles. The smallest absolute Gasteiger partial charge is 0.333 e. The number of rotatable bonds is 6. The van der Waals surface area contributed by atoms with Crippen molar-refractivity contribution in [3.8, 4) is 5.75 Å². The zero-order chi connectivity index (χ0) is 14.5. The molecule has 0 aromatic heterocycles. The lowest BCUT2D eigenvalue weighted by molar-refractivity contribution is -0.385. The average molecular weight is 280 g/mol. The van der Waals surface area contributed by atoms with Crippen LogP contribution in [0.3, 0.4) is 0 Å². The minimum Gasteiger partial charge on any atom is -0.487 e. The Morgan fingerprint density at radius 2 is 2.35 bits per heavy atom. The Hall–Kier alpha value is -1.82. The van der Waals surface area contributed by atoms with E-state index in [1.165, 1.54) is 0 Å². The molecular formula is C14H20N2O4. The maximum atomic E-state index is 11.3. The van der Waals surface area contributed by atoms with Gasteiger partial charge in [-0.2, -0.15) is 0 Å². The van der Waals surface area contributed by atoms with E-state index in [2.05, 4.69) is 0 Å². The van der Waals surface area contributed by atoms with Gasteiger partial charge in [-0.15, -0.1) is 0 Å². The number of hydrogen-bond acceptors (Lipinski definition) is 5. The molecule has 20 heavy (non-hydrogen) atoms. The molecule has 0 radical (unpaired) electrons. The number of likely N-dealkylation sites (N-methyl/N-ethyl adjacent to an activating group) is 1. The topological polar surface area (TPSA) is 64.8 Å². The monoisotopic (exact) mass is 280 g/mol. The Kier molecular flexibility index (Phi) is 4.79. The number of hydrogen-bond donors (Lipinski definition) is 0. The van der Waals surface area contributed by atoms with E-state index < -0.39 is 0 Å². The molecule has 0 spiro atoms. The van der Waals surface area contributed by atoms with Gasteiger partial charge in [0.25, 0.3) is 0 Å². The van der Waals surface area contributed by atoms with Crippen LogP contribution in [0.2, 0.25) is 0 Å². The van der Waals surface area contributed by atoms with Crippen LogP contribution in [-0.4, -0.2) is 37.8 Å². The van der Waals surface area contributed by atoms with Gasteiger partial charge < -0.3 is 14.4 Å². The predicted molar refractivity (Wildman–Crippen MR) is 76.5 cm³/mol. The summed E-state index contributed by atoms with van der Waals surface area (Å²) < 4.78 is 10.9. The highest BCUT2D eigenvalue weighted by molar-refractivity contribution is 5.69. The van der Waals surface area contributed by atoms with Crippen LogP contribution in [-0.2, 0) is 4.74 Å². The molecule has 0 aliphatic carbocycles. The fourth-order valence-electron chi connectivity index (χ4n) is 2.47. The van der Waals surface area contributed by atoms with Crippen LogP contribution < -0.4 is 9.64 Å². The Balaban J connectivity index is 2.24. The highest BCUT2D eigenvalue weighted by Gasteiger charge is 2.25. The number of anilines is 1. The Bertz CT molecular complexity index is 472. The molecule has 1 unspecified atom stereocenters. The molecule has 1 fully saturated rings. The predicted octanol–water partition coefficient (Wildman–Crippen LogP) is 2.61. The van der Waals surface area contributed by atoms with Crippen molar-refractivity contribution in [3.63, 3.8) is 0 Å². The van der Waals surface area contributed by atoms with E-state index >= 15 is 0 Å². The van der Waals surface area contributed by atoms with Crippen molar-refractivity contribution in [2.45, 2.75) is 25.9 Å². The summed E-state index contributed by atoms with van der Waals surface area (Å²) in [7, 11) is 1.85. The number of nitrogens with zero attached hydrogens (tertiary/aromatic N) is 2. The fourth-order valence-corrected chi connectivity index (χ4v) is 2.47. The number of ether oxygens (including phenoxy) is 2. The van der Waals surface area contributed by atoms with E-state index in [0.717, 1.165) is 19.4 Å². The molecule has 1 aromatic rings. The van der Waals surface area contributed by atoms with Crippen LogP contribution in [0.5, 0.6) is 5.75 Å². The van der Waals surface area contributed by atoms with Crippen molar-refractivity contribution < 1.29 is 14.4 Å². The molecule has 6 heteroatoms. The lowest BCUT2D eigenvalue weighted by Gasteiger charge is -2.23. The molecule has 6 nitrogen and oxygen atoms in total. The molecule has 1 aromatic carbocycles. The lowest BCUT2D eigenvalue weighted by atomic mass is 10.2. The second kappa shape index (κ2) is 6.56. The van der Waals surface area contributed by atoms with Gasteiger partial charge in [0.15, 0.2) is 5.75 Å². The van der Waals surface area contributed by atoms with Gasteiger partial charge in [0.2, 0.25) is 0 Å². The van der Waals surface area contributed by atoms with Crippen LogP contribution >= 0.6 is 0 Å². The second-order valence-corrected chi connectivity index (χ2v) is 4.83. The highest BCUT2D eigenvalue weighted by atomic mass is 16.6. The third kappa shape index (κ3) is 3.19. The number of para-hydroxylation sites is 1. The van der Waals surface area contributed by atoms with Gasteiger partial charge in [0.1, 0.15) is 5.69 Å². The van der Waals surface area contributed by atoms with Crippen LogP contribution in [0.4, 0.5) is 11.4 Å². The van der Waals surface area contributed by atoms with E-state index in [0.29, 0.717) is 24.6 Å². The molecule has 2 rings (SSSR count). The van der Waals surface area contributed by atoms with Crippen molar-refractivity contribution in [2.24, 2.45) is 0 Å². The van der Waals surface area contributed by atoms with Crippen molar-refractivity contribution in [3.05, 3.63) is 28.3 Å². The van der Waals surface area contributed by atoms with Crippen LogP contribution in [0.1, 0.15) is 19.8 Å². The summed E-state index contributed by atoms with van der Waals surface area (Å²) in [5.74, 6) is 0.314. The normalized spacial score (nSPS) is 18.0. The Labute approximate surface area is 118 Å². The standard InChI is InChI=1S/C14H20N2O4/c1-3-19-13-8-4-7-12(14(13)16(17)18)15(2)10-11-6-5-9-20-11/h4,7-8,11H,3,5-6,9-10H2,1-2H3. The molecule has 1 heterocycles. The summed E-state index contributed by atoms with van der Waals surface area (Å²) in [6.07, 6.45) is 2.21. The van der Waals surface area contributed by atoms with Crippen LogP contribution in [0.15, 0.2) is 18.2 Å². The van der Waals surface area contributed by atoms with Crippen LogP contribution in [0, 0.1) is 10.1 Å². The molecule has 0 bridgehead atoms. The van der Waals surface area contributed by atoms with E-state index in [4.69, 9.17) is 9.47 Å². The fraction of sp³-hybridized carbons (Fsp3) is 0.571. The van der Waals surface area contributed by atoms with Gasteiger partial charge in [-0.3, -0.25) is 10.1 Å². The summed E-state index contributed by atoms with van der Waals surface area (Å²) in [6, 6.07) is 5.15. The molecule has 0 N–H and O–H groups in total. The molecule has 0 saturated carbocycles. The third-order valence-corrected chi connectivity index (χ3v) is 3.37. The minimum atomic E-state index is -0.383. The van der Waals surface area contributed by atoms with Gasteiger partial charge in [-0.05, 0) is 31.9 Å². The van der Waals surface area contributed by atoms with Gasteiger partial charge in [-0.1, -0.05) is 6.07 Å². The molecule has 0 amide bonds.